The van der Waals surface area contributed by atoms with Crippen LogP contribution in [0.1, 0.15) is 37.8 Å². The summed E-state index contributed by atoms with van der Waals surface area (Å²) in [7, 11) is 0. The van der Waals surface area contributed by atoms with Crippen LogP contribution in [0.5, 0.6) is 0 Å². The maximum atomic E-state index is 9.15. The van der Waals surface area contributed by atoms with Gasteiger partial charge in [-0.2, -0.15) is 0 Å². The van der Waals surface area contributed by atoms with Crippen LogP contribution in [-0.2, 0) is 6.54 Å². The molecule has 0 saturated carbocycles. The SMILES string of the molecule is Cc1ccc(CN2CCC(CCO)C2(C)C)cc1. The molecule has 2 heteroatoms. The van der Waals surface area contributed by atoms with Crippen molar-refractivity contribution < 1.29 is 5.11 Å². The van der Waals surface area contributed by atoms with Crippen molar-refractivity contribution in [3.63, 3.8) is 0 Å². The number of likely N-dealkylation sites (tertiary alicyclic amines) is 1. The number of aryl methyl sites for hydroxylation is 1. The van der Waals surface area contributed by atoms with Crippen molar-refractivity contribution in [3.05, 3.63) is 35.4 Å². The Kier molecular flexibility index (Phi) is 4.08. The van der Waals surface area contributed by atoms with Crippen molar-refractivity contribution in [1.29, 1.82) is 0 Å². The minimum Gasteiger partial charge on any atom is -0.396 e. The molecule has 1 atom stereocenters. The summed E-state index contributed by atoms with van der Waals surface area (Å²) in [6.07, 6.45) is 2.14. The fourth-order valence-corrected chi connectivity index (χ4v) is 3.06. The van der Waals surface area contributed by atoms with E-state index in [0.29, 0.717) is 12.5 Å². The highest BCUT2D eigenvalue weighted by Crippen LogP contribution is 2.37. The van der Waals surface area contributed by atoms with Gasteiger partial charge in [0.25, 0.3) is 0 Å². The maximum absolute atomic E-state index is 9.15. The molecule has 0 spiro atoms. The van der Waals surface area contributed by atoms with Crippen molar-refractivity contribution in [2.45, 2.75) is 45.7 Å². The molecule has 1 aromatic rings. The number of hydrogen-bond donors (Lipinski definition) is 1. The Morgan fingerprint density at radius 1 is 1.28 bits per heavy atom. The van der Waals surface area contributed by atoms with Crippen LogP contribution >= 0.6 is 0 Å². The molecule has 1 heterocycles. The summed E-state index contributed by atoms with van der Waals surface area (Å²) in [5.41, 5.74) is 2.91. The Labute approximate surface area is 111 Å². The van der Waals surface area contributed by atoms with E-state index >= 15 is 0 Å². The van der Waals surface area contributed by atoms with Crippen LogP contribution in [0.25, 0.3) is 0 Å². The topological polar surface area (TPSA) is 23.5 Å². The van der Waals surface area contributed by atoms with Gasteiger partial charge in [0, 0.05) is 18.7 Å². The Hall–Kier alpha value is -0.860. The first kappa shape index (κ1) is 13.6. The summed E-state index contributed by atoms with van der Waals surface area (Å²) in [5, 5.41) is 9.15. The highest BCUT2D eigenvalue weighted by molar-refractivity contribution is 5.21. The number of rotatable bonds is 4. The van der Waals surface area contributed by atoms with Gasteiger partial charge in [-0.25, -0.2) is 0 Å². The van der Waals surface area contributed by atoms with Gasteiger partial charge in [0.1, 0.15) is 0 Å². The lowest BCUT2D eigenvalue weighted by Crippen LogP contribution is -2.42. The number of hydrogen-bond acceptors (Lipinski definition) is 2. The third kappa shape index (κ3) is 2.76. The summed E-state index contributed by atoms with van der Waals surface area (Å²) in [6, 6.07) is 8.82. The zero-order valence-electron chi connectivity index (χ0n) is 11.8. The van der Waals surface area contributed by atoms with Crippen LogP contribution < -0.4 is 0 Å². The first-order valence-corrected chi connectivity index (χ1v) is 6.95. The van der Waals surface area contributed by atoms with Crippen molar-refractivity contribution in [2.75, 3.05) is 13.2 Å². The van der Waals surface area contributed by atoms with E-state index in [0.717, 1.165) is 19.5 Å². The zero-order chi connectivity index (χ0) is 13.2. The molecule has 2 nitrogen and oxygen atoms in total. The lowest BCUT2D eigenvalue weighted by molar-refractivity contribution is 0.115. The predicted octanol–water partition coefficient (Wildman–Crippen LogP) is 2.98. The Balaban J connectivity index is 2.04. The molecule has 1 unspecified atom stereocenters. The van der Waals surface area contributed by atoms with E-state index in [1.165, 1.54) is 17.5 Å². The average molecular weight is 247 g/mol. The van der Waals surface area contributed by atoms with Crippen molar-refractivity contribution in [2.24, 2.45) is 5.92 Å². The second-order valence-electron chi connectivity index (χ2n) is 6.06. The van der Waals surface area contributed by atoms with Gasteiger partial charge in [-0.15, -0.1) is 0 Å². The molecule has 18 heavy (non-hydrogen) atoms. The first-order valence-electron chi connectivity index (χ1n) is 6.95. The van der Waals surface area contributed by atoms with E-state index < -0.39 is 0 Å². The lowest BCUT2D eigenvalue weighted by Gasteiger charge is -2.36. The maximum Gasteiger partial charge on any atom is 0.0434 e. The van der Waals surface area contributed by atoms with Crippen molar-refractivity contribution in [1.82, 2.24) is 4.90 Å². The summed E-state index contributed by atoms with van der Waals surface area (Å²) >= 11 is 0. The summed E-state index contributed by atoms with van der Waals surface area (Å²) < 4.78 is 0. The van der Waals surface area contributed by atoms with Gasteiger partial charge >= 0.3 is 0 Å². The minimum absolute atomic E-state index is 0.202. The van der Waals surface area contributed by atoms with Gasteiger partial charge in [-0.3, -0.25) is 4.90 Å². The van der Waals surface area contributed by atoms with Gasteiger partial charge in [-0.05, 0) is 51.6 Å². The molecule has 0 bridgehead atoms. The molecule has 2 rings (SSSR count). The van der Waals surface area contributed by atoms with Crippen LogP contribution in [0.4, 0.5) is 0 Å². The van der Waals surface area contributed by atoms with Crippen LogP contribution in [-0.4, -0.2) is 28.7 Å². The van der Waals surface area contributed by atoms with Gasteiger partial charge < -0.3 is 5.11 Å². The molecular formula is C16H25NO. The third-order valence-electron chi connectivity index (χ3n) is 4.53. The largest absolute Gasteiger partial charge is 0.396 e. The van der Waals surface area contributed by atoms with Crippen LogP contribution in [0.15, 0.2) is 24.3 Å². The van der Waals surface area contributed by atoms with E-state index in [2.05, 4.69) is 49.9 Å². The summed E-state index contributed by atoms with van der Waals surface area (Å²) in [5.74, 6) is 0.618. The molecular weight excluding hydrogens is 222 g/mol. The van der Waals surface area contributed by atoms with Gasteiger partial charge in [0.05, 0.1) is 0 Å². The van der Waals surface area contributed by atoms with Crippen molar-refractivity contribution in [3.8, 4) is 0 Å². The standard InChI is InChI=1S/C16H25NO/c1-13-4-6-14(7-5-13)12-17-10-8-15(9-11-18)16(17,2)3/h4-7,15,18H,8-12H2,1-3H3. The van der Waals surface area contributed by atoms with Crippen LogP contribution in [0.3, 0.4) is 0 Å². The van der Waals surface area contributed by atoms with Gasteiger partial charge in [0.2, 0.25) is 0 Å². The van der Waals surface area contributed by atoms with Crippen molar-refractivity contribution >= 4 is 0 Å². The molecule has 1 saturated heterocycles. The second-order valence-corrected chi connectivity index (χ2v) is 6.06. The fraction of sp³-hybridized carbons (Fsp3) is 0.625. The minimum atomic E-state index is 0.202. The molecule has 100 valence electrons. The summed E-state index contributed by atoms with van der Waals surface area (Å²) in [4.78, 5) is 2.55. The fourth-order valence-electron chi connectivity index (χ4n) is 3.06. The molecule has 0 aromatic heterocycles. The second kappa shape index (κ2) is 5.41. The number of aliphatic hydroxyl groups is 1. The first-order chi connectivity index (χ1) is 8.54. The highest BCUT2D eigenvalue weighted by Gasteiger charge is 2.40. The average Bonchev–Trinajstić information content (AvgIpc) is 2.60. The highest BCUT2D eigenvalue weighted by atomic mass is 16.3. The van der Waals surface area contributed by atoms with E-state index in [9.17, 15) is 0 Å². The normalized spacial score (nSPS) is 23.4. The molecule has 1 fully saturated rings. The molecule has 1 aliphatic heterocycles. The van der Waals surface area contributed by atoms with Gasteiger partial charge in [0.15, 0.2) is 0 Å². The smallest absolute Gasteiger partial charge is 0.0434 e. The third-order valence-corrected chi connectivity index (χ3v) is 4.53. The zero-order valence-corrected chi connectivity index (χ0v) is 11.8. The van der Waals surface area contributed by atoms with E-state index in [-0.39, 0.29) is 5.54 Å². The molecule has 0 aliphatic carbocycles. The van der Waals surface area contributed by atoms with E-state index in [1.807, 2.05) is 0 Å². The van der Waals surface area contributed by atoms with Gasteiger partial charge in [-0.1, -0.05) is 29.8 Å². The van der Waals surface area contributed by atoms with Crippen LogP contribution in [0, 0.1) is 12.8 Å². The molecule has 1 aliphatic rings. The monoisotopic (exact) mass is 247 g/mol. The van der Waals surface area contributed by atoms with Crippen LogP contribution in [0.2, 0.25) is 0 Å². The number of nitrogens with zero attached hydrogens (tertiary/aromatic N) is 1. The lowest BCUT2D eigenvalue weighted by atomic mass is 9.86. The van der Waals surface area contributed by atoms with E-state index in [1.54, 1.807) is 0 Å². The number of benzene rings is 1. The Morgan fingerprint density at radius 2 is 1.94 bits per heavy atom. The molecule has 0 amide bonds. The molecule has 1 N–H and O–H groups in total. The Bertz CT molecular complexity index is 383. The Morgan fingerprint density at radius 3 is 2.56 bits per heavy atom. The molecule has 1 aromatic carbocycles. The van der Waals surface area contributed by atoms with E-state index in [4.69, 9.17) is 5.11 Å². The predicted molar refractivity (Wildman–Crippen MR) is 75.5 cm³/mol. The number of aliphatic hydroxyl groups excluding tert-OH is 1. The molecule has 0 radical (unpaired) electrons. The quantitative estimate of drug-likeness (QED) is 0.884. The summed E-state index contributed by atoms with van der Waals surface area (Å²) in [6.45, 7) is 9.23.